The third-order valence-corrected chi connectivity index (χ3v) is 5.93. The van der Waals surface area contributed by atoms with Crippen LogP contribution in [0.5, 0.6) is 0 Å². The van der Waals surface area contributed by atoms with Crippen LogP contribution in [0.4, 0.5) is 5.69 Å². The molecule has 0 spiro atoms. The second-order valence-electron chi connectivity index (χ2n) is 6.17. The molecule has 2 aromatic carbocycles. The van der Waals surface area contributed by atoms with Crippen LogP contribution in [0.25, 0.3) is 11.4 Å². The summed E-state index contributed by atoms with van der Waals surface area (Å²) in [6.07, 6.45) is 0. The Kier molecular flexibility index (Phi) is 6.34. The lowest BCUT2D eigenvalue weighted by Gasteiger charge is -2.09. The number of carbonyl (C=O) groups is 1. The van der Waals surface area contributed by atoms with Crippen molar-refractivity contribution in [1.29, 1.82) is 0 Å². The van der Waals surface area contributed by atoms with Crippen LogP contribution in [0.15, 0.2) is 52.1 Å². The molecule has 27 heavy (non-hydrogen) atoms. The number of aryl methyl sites for hydroxylation is 2. The van der Waals surface area contributed by atoms with Gasteiger partial charge in [0.05, 0.1) is 5.75 Å². The Labute approximate surface area is 171 Å². The van der Waals surface area contributed by atoms with Crippen LogP contribution < -0.4 is 5.32 Å². The number of aromatic nitrogens is 3. The average Bonchev–Trinajstić information content (AvgIpc) is 3.06. The van der Waals surface area contributed by atoms with Crippen LogP contribution in [-0.2, 0) is 11.3 Å². The van der Waals surface area contributed by atoms with Gasteiger partial charge < -0.3 is 9.88 Å². The zero-order chi connectivity index (χ0) is 19.4. The lowest BCUT2D eigenvalue weighted by Crippen LogP contribution is -2.14. The number of anilines is 1. The molecule has 0 atom stereocenters. The molecular formula is C20H21BrN4OS. The van der Waals surface area contributed by atoms with Crippen molar-refractivity contribution in [1.82, 2.24) is 14.8 Å². The number of hydrogen-bond donors (Lipinski definition) is 1. The first-order chi connectivity index (χ1) is 13.0. The molecule has 140 valence electrons. The van der Waals surface area contributed by atoms with E-state index in [0.29, 0.717) is 0 Å². The molecule has 0 saturated carbocycles. The molecule has 1 N–H and O–H groups in total. The molecule has 0 bridgehead atoms. The van der Waals surface area contributed by atoms with E-state index in [-0.39, 0.29) is 11.7 Å². The number of rotatable bonds is 6. The highest BCUT2D eigenvalue weighted by Crippen LogP contribution is 2.29. The fraction of sp³-hybridized carbons (Fsp3) is 0.250. The number of thioether (sulfide) groups is 1. The molecule has 0 aliphatic rings. The van der Waals surface area contributed by atoms with Crippen molar-refractivity contribution in [3.8, 4) is 11.4 Å². The summed E-state index contributed by atoms with van der Waals surface area (Å²) in [5.74, 6) is 1.01. The van der Waals surface area contributed by atoms with E-state index >= 15 is 0 Å². The molecule has 5 nitrogen and oxygen atoms in total. The number of nitrogens with one attached hydrogen (secondary N) is 1. The van der Waals surface area contributed by atoms with Gasteiger partial charge in [0.25, 0.3) is 0 Å². The Morgan fingerprint density at radius 1 is 1.15 bits per heavy atom. The fourth-order valence-corrected chi connectivity index (χ4v) is 3.93. The van der Waals surface area contributed by atoms with Gasteiger partial charge in [-0.05, 0) is 50.1 Å². The normalized spacial score (nSPS) is 10.8. The molecule has 3 aromatic rings. The summed E-state index contributed by atoms with van der Waals surface area (Å²) in [4.78, 5) is 12.3. The fourth-order valence-electron chi connectivity index (χ4n) is 2.67. The first kappa shape index (κ1) is 19.6. The highest BCUT2D eigenvalue weighted by molar-refractivity contribution is 9.10. The molecule has 0 saturated heterocycles. The van der Waals surface area contributed by atoms with Gasteiger partial charge in [0, 0.05) is 22.3 Å². The minimum absolute atomic E-state index is 0.0589. The summed E-state index contributed by atoms with van der Waals surface area (Å²) in [6.45, 7) is 6.86. The van der Waals surface area contributed by atoms with Crippen LogP contribution in [0, 0.1) is 13.8 Å². The van der Waals surface area contributed by atoms with E-state index < -0.39 is 0 Å². The third-order valence-electron chi connectivity index (χ3n) is 4.27. The molecule has 0 radical (unpaired) electrons. The van der Waals surface area contributed by atoms with Gasteiger partial charge in [0.15, 0.2) is 11.0 Å². The Morgan fingerprint density at radius 3 is 2.63 bits per heavy atom. The van der Waals surface area contributed by atoms with Gasteiger partial charge in [0.1, 0.15) is 0 Å². The number of carbonyl (C=O) groups excluding carboxylic acids is 1. The smallest absolute Gasteiger partial charge is 0.234 e. The van der Waals surface area contributed by atoms with Crippen molar-refractivity contribution in [2.24, 2.45) is 0 Å². The zero-order valence-corrected chi connectivity index (χ0v) is 17.9. The number of nitrogens with zero attached hydrogens (tertiary/aromatic N) is 3. The maximum absolute atomic E-state index is 12.3. The lowest BCUT2D eigenvalue weighted by molar-refractivity contribution is -0.113. The average molecular weight is 445 g/mol. The van der Waals surface area contributed by atoms with Crippen molar-refractivity contribution in [3.63, 3.8) is 0 Å². The number of benzene rings is 2. The largest absolute Gasteiger partial charge is 0.325 e. The van der Waals surface area contributed by atoms with E-state index in [1.807, 2.05) is 60.9 Å². The highest BCUT2D eigenvalue weighted by Gasteiger charge is 2.16. The van der Waals surface area contributed by atoms with E-state index in [0.717, 1.165) is 38.8 Å². The van der Waals surface area contributed by atoms with Gasteiger partial charge in [-0.2, -0.15) is 0 Å². The SMILES string of the molecule is CCn1c(SCC(=O)Nc2ccc(C)c(C)c2)nnc1-c1ccccc1Br. The summed E-state index contributed by atoms with van der Waals surface area (Å²) >= 11 is 4.95. The standard InChI is InChI=1S/C20H21BrN4OS/c1-4-25-19(16-7-5-6-8-17(16)21)23-24-20(25)27-12-18(26)22-15-10-9-13(2)14(3)11-15/h5-11H,4,12H2,1-3H3,(H,22,26). The Bertz CT molecular complexity index is 970. The molecule has 1 aromatic heterocycles. The van der Waals surface area contributed by atoms with Crippen LogP contribution in [0.1, 0.15) is 18.1 Å². The minimum Gasteiger partial charge on any atom is -0.325 e. The van der Waals surface area contributed by atoms with Crippen molar-refractivity contribution >= 4 is 39.3 Å². The van der Waals surface area contributed by atoms with Crippen LogP contribution in [0.3, 0.4) is 0 Å². The molecule has 1 heterocycles. The molecule has 0 unspecified atom stereocenters. The molecule has 0 fully saturated rings. The third kappa shape index (κ3) is 4.59. The molecule has 1 amide bonds. The summed E-state index contributed by atoms with van der Waals surface area (Å²) in [6, 6.07) is 13.8. The predicted molar refractivity (Wildman–Crippen MR) is 114 cm³/mol. The van der Waals surface area contributed by atoms with E-state index in [1.165, 1.54) is 17.3 Å². The molecule has 3 rings (SSSR count). The van der Waals surface area contributed by atoms with Crippen molar-refractivity contribution in [2.45, 2.75) is 32.5 Å². The Morgan fingerprint density at radius 2 is 1.93 bits per heavy atom. The summed E-state index contributed by atoms with van der Waals surface area (Å²) in [5.41, 5.74) is 4.16. The van der Waals surface area contributed by atoms with E-state index in [1.54, 1.807) is 0 Å². The van der Waals surface area contributed by atoms with E-state index in [9.17, 15) is 4.79 Å². The Balaban J connectivity index is 1.70. The first-order valence-corrected chi connectivity index (χ1v) is 10.5. The van der Waals surface area contributed by atoms with Gasteiger partial charge in [0.2, 0.25) is 5.91 Å². The first-order valence-electron chi connectivity index (χ1n) is 8.67. The van der Waals surface area contributed by atoms with Crippen LogP contribution in [-0.4, -0.2) is 26.4 Å². The maximum atomic E-state index is 12.3. The monoisotopic (exact) mass is 444 g/mol. The van der Waals surface area contributed by atoms with Gasteiger partial charge in [-0.1, -0.05) is 52.0 Å². The quantitative estimate of drug-likeness (QED) is 0.538. The molecular weight excluding hydrogens is 424 g/mol. The van der Waals surface area contributed by atoms with E-state index in [2.05, 4.69) is 38.4 Å². The molecule has 7 heteroatoms. The maximum Gasteiger partial charge on any atom is 0.234 e. The van der Waals surface area contributed by atoms with Crippen LogP contribution in [0.2, 0.25) is 0 Å². The summed E-state index contributed by atoms with van der Waals surface area (Å²) in [5, 5.41) is 12.3. The minimum atomic E-state index is -0.0589. The van der Waals surface area contributed by atoms with Gasteiger partial charge in [-0.25, -0.2) is 0 Å². The zero-order valence-electron chi connectivity index (χ0n) is 15.5. The van der Waals surface area contributed by atoms with Gasteiger partial charge in [-0.3, -0.25) is 4.79 Å². The second-order valence-corrected chi connectivity index (χ2v) is 7.96. The van der Waals surface area contributed by atoms with Crippen molar-refractivity contribution < 1.29 is 4.79 Å². The second kappa shape index (κ2) is 8.71. The van der Waals surface area contributed by atoms with Crippen molar-refractivity contribution in [2.75, 3.05) is 11.1 Å². The Hall–Kier alpha value is -2.12. The molecule has 0 aliphatic carbocycles. The number of amides is 1. The lowest BCUT2D eigenvalue weighted by atomic mass is 10.1. The predicted octanol–water partition coefficient (Wildman–Crippen LogP) is 5.08. The summed E-state index contributed by atoms with van der Waals surface area (Å²) < 4.78 is 2.99. The number of hydrogen-bond acceptors (Lipinski definition) is 4. The summed E-state index contributed by atoms with van der Waals surface area (Å²) in [7, 11) is 0. The van der Waals surface area contributed by atoms with Gasteiger partial charge >= 0.3 is 0 Å². The topological polar surface area (TPSA) is 59.8 Å². The highest BCUT2D eigenvalue weighted by atomic mass is 79.9. The van der Waals surface area contributed by atoms with Crippen LogP contribution >= 0.6 is 27.7 Å². The number of halogens is 1. The van der Waals surface area contributed by atoms with E-state index in [4.69, 9.17) is 0 Å². The molecule has 0 aliphatic heterocycles. The van der Waals surface area contributed by atoms with Crippen molar-refractivity contribution in [3.05, 3.63) is 58.1 Å². The van der Waals surface area contributed by atoms with Gasteiger partial charge in [-0.15, -0.1) is 10.2 Å².